The van der Waals surface area contributed by atoms with Gasteiger partial charge in [0.25, 0.3) is 5.91 Å². The molecule has 34 heavy (non-hydrogen) atoms. The number of nitrogens with zero attached hydrogens (tertiary/aromatic N) is 6. The third-order valence-electron chi connectivity index (χ3n) is 5.66. The molecule has 0 atom stereocenters. The lowest BCUT2D eigenvalue weighted by atomic mass is 10.0. The maximum atomic E-state index is 12.7. The van der Waals surface area contributed by atoms with Gasteiger partial charge in [0, 0.05) is 32.4 Å². The monoisotopic (exact) mass is 470 g/mol. The van der Waals surface area contributed by atoms with Gasteiger partial charge in [-0.15, -0.1) is 0 Å². The molecule has 0 bridgehead atoms. The van der Waals surface area contributed by atoms with E-state index in [1.807, 2.05) is 6.92 Å². The minimum absolute atomic E-state index is 0.139. The van der Waals surface area contributed by atoms with Crippen molar-refractivity contribution in [2.24, 2.45) is 0 Å². The van der Waals surface area contributed by atoms with Gasteiger partial charge in [-0.25, -0.2) is 4.98 Å². The fraction of sp³-hybridized carbons (Fsp3) is 0.304. The molecule has 3 heterocycles. The van der Waals surface area contributed by atoms with Gasteiger partial charge >= 0.3 is 6.18 Å². The smallest absolute Gasteiger partial charge is 0.401 e. The Kier molecular flexibility index (Phi) is 6.26. The SMILES string of the molecule is Cc1cc(C#N)ccc1-c1cnn(-c2ccc(C(=O)N3CCN(CC(F)(F)F)CC3)cn2)c1O. The van der Waals surface area contributed by atoms with Gasteiger partial charge in [0.15, 0.2) is 5.82 Å². The number of alkyl halides is 3. The number of nitriles is 1. The first-order chi connectivity index (χ1) is 16.2. The number of piperazine rings is 1. The maximum absolute atomic E-state index is 12.7. The largest absolute Gasteiger partial charge is 0.493 e. The second kappa shape index (κ2) is 9.15. The Morgan fingerprint density at radius 2 is 1.85 bits per heavy atom. The van der Waals surface area contributed by atoms with E-state index in [-0.39, 0.29) is 38.0 Å². The summed E-state index contributed by atoms with van der Waals surface area (Å²) in [7, 11) is 0. The van der Waals surface area contributed by atoms with Crippen molar-refractivity contribution < 1.29 is 23.1 Å². The lowest BCUT2D eigenvalue weighted by Crippen LogP contribution is -2.50. The summed E-state index contributed by atoms with van der Waals surface area (Å²) in [4.78, 5) is 19.7. The number of hydrogen-bond acceptors (Lipinski definition) is 6. The van der Waals surface area contributed by atoms with E-state index in [0.717, 1.165) is 11.1 Å². The minimum atomic E-state index is -4.26. The summed E-state index contributed by atoms with van der Waals surface area (Å²) >= 11 is 0. The van der Waals surface area contributed by atoms with E-state index in [9.17, 15) is 23.1 Å². The van der Waals surface area contributed by atoms with E-state index in [2.05, 4.69) is 16.2 Å². The molecule has 11 heteroatoms. The summed E-state index contributed by atoms with van der Waals surface area (Å²) in [6, 6.07) is 10.3. The number of benzene rings is 1. The lowest BCUT2D eigenvalue weighted by Gasteiger charge is -2.35. The second-order valence-electron chi connectivity index (χ2n) is 8.02. The van der Waals surface area contributed by atoms with Gasteiger partial charge in [-0.1, -0.05) is 6.07 Å². The van der Waals surface area contributed by atoms with Crippen LogP contribution in [0.25, 0.3) is 16.9 Å². The Hall–Kier alpha value is -3.91. The quantitative estimate of drug-likeness (QED) is 0.629. The number of hydrogen-bond donors (Lipinski definition) is 1. The van der Waals surface area contributed by atoms with Crippen molar-refractivity contribution in [1.82, 2.24) is 24.6 Å². The van der Waals surface area contributed by atoms with Crippen LogP contribution < -0.4 is 0 Å². The minimum Gasteiger partial charge on any atom is -0.493 e. The molecule has 0 saturated carbocycles. The fourth-order valence-corrected chi connectivity index (χ4v) is 3.92. The van der Waals surface area contributed by atoms with Crippen molar-refractivity contribution in [3.8, 4) is 28.9 Å². The van der Waals surface area contributed by atoms with Crippen molar-refractivity contribution in [1.29, 1.82) is 5.26 Å². The molecule has 3 aromatic rings. The number of halogens is 3. The Morgan fingerprint density at radius 3 is 2.44 bits per heavy atom. The molecular formula is C23H21F3N6O2. The predicted octanol–water partition coefficient (Wildman–Crippen LogP) is 3.14. The highest BCUT2D eigenvalue weighted by molar-refractivity contribution is 5.94. The molecule has 176 valence electrons. The molecule has 1 N–H and O–H groups in total. The highest BCUT2D eigenvalue weighted by Gasteiger charge is 2.33. The molecule has 0 radical (unpaired) electrons. The number of carbonyl (C=O) groups is 1. The molecule has 0 aliphatic carbocycles. The number of rotatable bonds is 4. The van der Waals surface area contributed by atoms with Gasteiger partial charge in [0.2, 0.25) is 5.88 Å². The number of aromatic nitrogens is 3. The molecule has 0 unspecified atom stereocenters. The summed E-state index contributed by atoms with van der Waals surface area (Å²) in [5, 5.41) is 23.9. The Balaban J connectivity index is 1.47. The zero-order valence-corrected chi connectivity index (χ0v) is 18.2. The number of pyridine rings is 1. The molecule has 1 fully saturated rings. The van der Waals surface area contributed by atoms with Crippen molar-refractivity contribution in [3.63, 3.8) is 0 Å². The average molecular weight is 470 g/mol. The zero-order chi connectivity index (χ0) is 24.5. The van der Waals surface area contributed by atoms with Crippen molar-refractivity contribution in [3.05, 3.63) is 59.4 Å². The average Bonchev–Trinajstić information content (AvgIpc) is 3.19. The number of aryl methyl sites for hydroxylation is 1. The molecule has 8 nitrogen and oxygen atoms in total. The van der Waals surface area contributed by atoms with Gasteiger partial charge in [-0.2, -0.15) is 28.2 Å². The predicted molar refractivity (Wildman–Crippen MR) is 116 cm³/mol. The Labute approximate surface area is 193 Å². The highest BCUT2D eigenvalue weighted by Crippen LogP contribution is 2.33. The van der Waals surface area contributed by atoms with Crippen molar-refractivity contribution >= 4 is 5.91 Å². The summed E-state index contributed by atoms with van der Waals surface area (Å²) in [6.45, 7) is 1.54. The number of amides is 1. The molecular weight excluding hydrogens is 449 g/mol. The molecule has 2 aromatic heterocycles. The summed E-state index contributed by atoms with van der Waals surface area (Å²) in [6.07, 6.45) is -1.42. The van der Waals surface area contributed by atoms with E-state index >= 15 is 0 Å². The lowest BCUT2D eigenvalue weighted by molar-refractivity contribution is -0.148. The Bertz CT molecular complexity index is 1240. The standard InChI is InChI=1S/C23H21F3N6O2/c1-15-10-16(11-27)2-4-18(15)19-13-29-32(22(19)34)20-5-3-17(12-28-20)21(33)31-8-6-30(7-9-31)14-23(24,25)26/h2-5,10,12-13,34H,6-9,14H2,1H3. The van der Waals surface area contributed by atoms with E-state index in [4.69, 9.17) is 5.26 Å². The van der Waals surface area contributed by atoms with E-state index in [1.165, 1.54) is 32.9 Å². The second-order valence-corrected chi connectivity index (χ2v) is 8.02. The van der Waals surface area contributed by atoms with Gasteiger partial charge in [-0.3, -0.25) is 9.69 Å². The molecule has 4 rings (SSSR count). The first kappa shape index (κ1) is 23.3. The normalized spacial score (nSPS) is 14.7. The van der Waals surface area contributed by atoms with Crippen LogP contribution >= 0.6 is 0 Å². The topological polar surface area (TPSA) is 98.3 Å². The Morgan fingerprint density at radius 1 is 1.12 bits per heavy atom. The van der Waals surface area contributed by atoms with Crippen LogP contribution in [0.4, 0.5) is 13.2 Å². The molecule has 1 aliphatic heterocycles. The molecule has 1 aromatic carbocycles. The van der Waals surface area contributed by atoms with Crippen LogP contribution in [0.15, 0.2) is 42.7 Å². The first-order valence-electron chi connectivity index (χ1n) is 10.5. The summed E-state index contributed by atoms with van der Waals surface area (Å²) in [5.74, 6) is -0.161. The zero-order valence-electron chi connectivity index (χ0n) is 18.2. The van der Waals surface area contributed by atoms with Gasteiger partial charge in [0.05, 0.1) is 35.5 Å². The van der Waals surface area contributed by atoms with Gasteiger partial charge in [-0.05, 0) is 42.3 Å². The molecule has 1 saturated heterocycles. The highest BCUT2D eigenvalue weighted by atomic mass is 19.4. The van der Waals surface area contributed by atoms with Gasteiger partial charge < -0.3 is 10.0 Å². The van der Waals surface area contributed by atoms with Crippen LogP contribution in [0, 0.1) is 18.3 Å². The summed E-state index contributed by atoms with van der Waals surface area (Å²) in [5.41, 5.74) is 2.80. The molecule has 0 spiro atoms. The third-order valence-corrected chi connectivity index (χ3v) is 5.66. The van der Waals surface area contributed by atoms with Crippen LogP contribution in [0.1, 0.15) is 21.5 Å². The van der Waals surface area contributed by atoms with E-state index in [0.29, 0.717) is 22.5 Å². The van der Waals surface area contributed by atoms with Crippen molar-refractivity contribution in [2.45, 2.75) is 13.1 Å². The van der Waals surface area contributed by atoms with Crippen LogP contribution in [0.2, 0.25) is 0 Å². The third kappa shape index (κ3) is 4.87. The van der Waals surface area contributed by atoms with Crippen LogP contribution in [-0.2, 0) is 0 Å². The van der Waals surface area contributed by atoms with E-state index in [1.54, 1.807) is 24.3 Å². The van der Waals surface area contributed by atoms with Crippen LogP contribution in [0.3, 0.4) is 0 Å². The number of carbonyl (C=O) groups excluding carboxylic acids is 1. The van der Waals surface area contributed by atoms with E-state index < -0.39 is 12.7 Å². The van der Waals surface area contributed by atoms with Crippen LogP contribution in [-0.4, -0.2) is 74.5 Å². The molecule has 1 aliphatic rings. The van der Waals surface area contributed by atoms with Gasteiger partial charge in [0.1, 0.15) is 0 Å². The maximum Gasteiger partial charge on any atom is 0.401 e. The summed E-state index contributed by atoms with van der Waals surface area (Å²) < 4.78 is 38.9. The fourth-order valence-electron chi connectivity index (χ4n) is 3.92. The van der Waals surface area contributed by atoms with Crippen LogP contribution in [0.5, 0.6) is 5.88 Å². The number of aromatic hydroxyl groups is 1. The molecule has 1 amide bonds. The van der Waals surface area contributed by atoms with Crippen molar-refractivity contribution in [2.75, 3.05) is 32.7 Å². The first-order valence-corrected chi connectivity index (χ1v) is 10.5.